The molecular weight excluding hydrogens is 258 g/mol. The van der Waals surface area contributed by atoms with Gasteiger partial charge in [-0.1, -0.05) is 0 Å². The third kappa shape index (κ3) is 2.53. The number of hydrogen-bond donors (Lipinski definition) is 0. The van der Waals surface area contributed by atoms with E-state index in [9.17, 15) is 13.2 Å². The molecule has 0 radical (unpaired) electrons. The van der Waals surface area contributed by atoms with Crippen LogP contribution in [-0.4, -0.2) is 42.0 Å². The number of aromatic nitrogens is 3. The number of aryl methyl sites for hydroxylation is 1. The quantitative estimate of drug-likeness (QED) is 0.733. The summed E-state index contributed by atoms with van der Waals surface area (Å²) in [6.07, 6.45) is 1.12. The zero-order valence-corrected chi connectivity index (χ0v) is 11.9. The maximum Gasteiger partial charge on any atom is 0.378 e. The number of rotatable bonds is 4. The summed E-state index contributed by atoms with van der Waals surface area (Å²) in [6, 6.07) is 0. The van der Waals surface area contributed by atoms with E-state index >= 15 is 0 Å². The zero-order chi connectivity index (χ0) is 14.1. The second-order valence-electron chi connectivity index (χ2n) is 4.39. The average molecular weight is 275 g/mol. The lowest BCUT2D eigenvalue weighted by Gasteiger charge is -2.20. The molecule has 1 aromatic rings. The molecule has 0 saturated carbocycles. The molecule has 1 aromatic heterocycles. The maximum absolute atomic E-state index is 11.7. The van der Waals surface area contributed by atoms with Gasteiger partial charge in [-0.2, -0.15) is 0 Å². The minimum Gasteiger partial charge on any atom is -0.460 e. The van der Waals surface area contributed by atoms with Crippen molar-refractivity contribution in [1.29, 1.82) is 0 Å². The third-order valence-electron chi connectivity index (χ3n) is 2.69. The molecule has 0 amide bonds. The van der Waals surface area contributed by atoms with Crippen molar-refractivity contribution in [2.24, 2.45) is 7.05 Å². The molecule has 102 valence electrons. The van der Waals surface area contributed by atoms with Crippen molar-refractivity contribution in [3.63, 3.8) is 0 Å². The SMILES string of the molecule is CCOC(=O)c1nc(C(C)(C)S(C)(=O)=O)n(C)n1. The number of esters is 1. The molecular formula is C10H17N3O4S. The van der Waals surface area contributed by atoms with Gasteiger partial charge in [0, 0.05) is 13.3 Å². The number of carbonyl (C=O) groups excluding carboxylic acids is 1. The van der Waals surface area contributed by atoms with Crippen LogP contribution in [0.15, 0.2) is 0 Å². The summed E-state index contributed by atoms with van der Waals surface area (Å²) in [6.45, 7) is 4.91. The smallest absolute Gasteiger partial charge is 0.378 e. The highest BCUT2D eigenvalue weighted by Gasteiger charge is 2.38. The van der Waals surface area contributed by atoms with Crippen LogP contribution in [0.25, 0.3) is 0 Å². The van der Waals surface area contributed by atoms with Gasteiger partial charge in [-0.3, -0.25) is 4.68 Å². The first-order chi connectivity index (χ1) is 8.11. The average Bonchev–Trinajstić information content (AvgIpc) is 2.59. The lowest BCUT2D eigenvalue weighted by molar-refractivity contribution is 0.0511. The van der Waals surface area contributed by atoms with Crippen molar-refractivity contribution < 1.29 is 17.9 Å². The summed E-state index contributed by atoms with van der Waals surface area (Å²) in [4.78, 5) is 15.4. The Morgan fingerprint density at radius 2 is 2.00 bits per heavy atom. The molecule has 0 saturated heterocycles. The maximum atomic E-state index is 11.7. The highest BCUT2D eigenvalue weighted by Crippen LogP contribution is 2.26. The zero-order valence-electron chi connectivity index (χ0n) is 11.1. The van der Waals surface area contributed by atoms with E-state index in [1.807, 2.05) is 0 Å². The number of sulfone groups is 1. The van der Waals surface area contributed by atoms with Gasteiger partial charge in [0.1, 0.15) is 10.6 Å². The van der Waals surface area contributed by atoms with E-state index < -0.39 is 20.6 Å². The summed E-state index contributed by atoms with van der Waals surface area (Å²) in [5, 5.41) is 3.88. The minimum absolute atomic E-state index is 0.133. The highest BCUT2D eigenvalue weighted by molar-refractivity contribution is 7.91. The van der Waals surface area contributed by atoms with Crippen molar-refractivity contribution in [3.8, 4) is 0 Å². The van der Waals surface area contributed by atoms with Crippen LogP contribution in [-0.2, 0) is 26.4 Å². The molecule has 0 bridgehead atoms. The first-order valence-corrected chi connectivity index (χ1v) is 7.28. The summed E-state index contributed by atoms with van der Waals surface area (Å²) >= 11 is 0. The van der Waals surface area contributed by atoms with Gasteiger partial charge in [-0.25, -0.2) is 18.2 Å². The molecule has 0 aliphatic rings. The Morgan fingerprint density at radius 1 is 1.44 bits per heavy atom. The van der Waals surface area contributed by atoms with Crippen LogP contribution in [0.2, 0.25) is 0 Å². The van der Waals surface area contributed by atoms with E-state index in [-0.39, 0.29) is 18.3 Å². The van der Waals surface area contributed by atoms with E-state index in [1.165, 1.54) is 25.6 Å². The van der Waals surface area contributed by atoms with Crippen LogP contribution in [0, 0.1) is 0 Å². The predicted molar refractivity (Wildman–Crippen MR) is 64.8 cm³/mol. The van der Waals surface area contributed by atoms with Gasteiger partial charge >= 0.3 is 5.97 Å². The summed E-state index contributed by atoms with van der Waals surface area (Å²) < 4.78 is 28.3. The van der Waals surface area contributed by atoms with Gasteiger partial charge < -0.3 is 4.74 Å². The van der Waals surface area contributed by atoms with E-state index in [0.717, 1.165) is 6.26 Å². The molecule has 7 nitrogen and oxygen atoms in total. The number of hydrogen-bond acceptors (Lipinski definition) is 6. The normalized spacial score (nSPS) is 12.5. The van der Waals surface area contributed by atoms with Gasteiger partial charge in [-0.05, 0) is 20.8 Å². The molecule has 18 heavy (non-hydrogen) atoms. The van der Waals surface area contributed by atoms with Crippen molar-refractivity contribution in [3.05, 3.63) is 11.6 Å². The molecule has 8 heteroatoms. The highest BCUT2D eigenvalue weighted by atomic mass is 32.2. The standard InChI is InChI=1S/C10H17N3O4S/c1-6-17-8(14)7-11-9(13(4)12-7)10(2,3)18(5,15)16/h6H2,1-5H3. The van der Waals surface area contributed by atoms with Gasteiger partial charge in [0.05, 0.1) is 6.61 Å². The van der Waals surface area contributed by atoms with Crippen molar-refractivity contribution >= 4 is 15.8 Å². The van der Waals surface area contributed by atoms with Crippen LogP contribution in [0.1, 0.15) is 37.2 Å². The molecule has 1 heterocycles. The summed E-state index contributed by atoms with van der Waals surface area (Å²) in [5.41, 5.74) is 0. The van der Waals surface area contributed by atoms with Gasteiger partial charge in [-0.15, -0.1) is 5.10 Å². The van der Waals surface area contributed by atoms with Crippen molar-refractivity contribution in [2.75, 3.05) is 12.9 Å². The fourth-order valence-corrected chi connectivity index (χ4v) is 1.87. The Morgan fingerprint density at radius 3 is 2.44 bits per heavy atom. The molecule has 0 unspecified atom stereocenters. The van der Waals surface area contributed by atoms with Crippen LogP contribution in [0.3, 0.4) is 0 Å². The molecule has 0 aliphatic heterocycles. The first kappa shape index (κ1) is 14.6. The topological polar surface area (TPSA) is 91.1 Å². The Balaban J connectivity index is 3.25. The summed E-state index contributed by atoms with van der Waals surface area (Å²) in [7, 11) is -1.84. The second-order valence-corrected chi connectivity index (χ2v) is 6.95. The first-order valence-electron chi connectivity index (χ1n) is 5.39. The lowest BCUT2D eigenvalue weighted by Crippen LogP contribution is -2.31. The Labute approximate surface area is 106 Å². The van der Waals surface area contributed by atoms with Crippen LogP contribution < -0.4 is 0 Å². The molecule has 1 rings (SSSR count). The van der Waals surface area contributed by atoms with Crippen molar-refractivity contribution in [1.82, 2.24) is 14.8 Å². The van der Waals surface area contributed by atoms with Gasteiger partial charge in [0.25, 0.3) is 5.82 Å². The van der Waals surface area contributed by atoms with Crippen LogP contribution in [0.4, 0.5) is 0 Å². The van der Waals surface area contributed by atoms with Crippen molar-refractivity contribution in [2.45, 2.75) is 25.5 Å². The van der Waals surface area contributed by atoms with E-state index in [4.69, 9.17) is 4.74 Å². The molecule has 0 spiro atoms. The predicted octanol–water partition coefficient (Wildman–Crippen LogP) is 0.271. The Bertz CT molecular complexity index is 560. The monoisotopic (exact) mass is 275 g/mol. The minimum atomic E-state index is -3.38. The number of ether oxygens (including phenoxy) is 1. The van der Waals surface area contributed by atoms with Crippen LogP contribution in [0.5, 0.6) is 0 Å². The molecule has 0 fully saturated rings. The number of nitrogens with zero attached hydrogens (tertiary/aromatic N) is 3. The lowest BCUT2D eigenvalue weighted by atomic mass is 10.2. The fourth-order valence-electron chi connectivity index (χ4n) is 1.36. The summed E-state index contributed by atoms with van der Waals surface area (Å²) in [5.74, 6) is -0.595. The Kier molecular flexibility index (Phi) is 3.80. The molecule has 0 aromatic carbocycles. The van der Waals surface area contributed by atoms with E-state index in [2.05, 4.69) is 10.1 Å². The van der Waals surface area contributed by atoms with E-state index in [0.29, 0.717) is 0 Å². The number of carbonyl (C=O) groups is 1. The second kappa shape index (κ2) is 4.68. The molecule has 0 aliphatic carbocycles. The van der Waals surface area contributed by atoms with Crippen LogP contribution >= 0.6 is 0 Å². The Hall–Kier alpha value is -1.44. The molecule has 0 N–H and O–H groups in total. The fraction of sp³-hybridized carbons (Fsp3) is 0.700. The van der Waals surface area contributed by atoms with Gasteiger partial charge in [0.2, 0.25) is 0 Å². The largest absolute Gasteiger partial charge is 0.460 e. The van der Waals surface area contributed by atoms with Gasteiger partial charge in [0.15, 0.2) is 9.84 Å². The third-order valence-corrected chi connectivity index (χ3v) is 4.72. The van der Waals surface area contributed by atoms with E-state index in [1.54, 1.807) is 6.92 Å². The molecule has 0 atom stereocenters.